The molecule has 1 aromatic carbocycles. The summed E-state index contributed by atoms with van der Waals surface area (Å²) < 4.78 is 0. The fourth-order valence-corrected chi connectivity index (χ4v) is 4.04. The molecule has 6 heteroatoms. The number of hydrogen-bond donors (Lipinski definition) is 2. The van der Waals surface area contributed by atoms with Crippen molar-refractivity contribution in [2.24, 2.45) is 4.99 Å². The van der Waals surface area contributed by atoms with E-state index in [1.165, 1.54) is 12.0 Å². The first kappa shape index (κ1) is 21.9. The second-order valence-corrected chi connectivity index (χ2v) is 7.87. The van der Waals surface area contributed by atoms with Gasteiger partial charge in [0.25, 0.3) is 0 Å². The maximum atomic E-state index is 4.68. The molecule has 0 radical (unpaired) electrons. The van der Waals surface area contributed by atoms with Gasteiger partial charge in [0.1, 0.15) is 5.82 Å². The van der Waals surface area contributed by atoms with Crippen LogP contribution in [0.25, 0.3) is 0 Å². The highest BCUT2D eigenvalue weighted by Crippen LogP contribution is 2.40. The molecule has 2 aromatic rings. The quantitative estimate of drug-likeness (QED) is 0.365. The van der Waals surface area contributed by atoms with Crippen LogP contribution in [0.1, 0.15) is 43.4 Å². The molecule has 2 aliphatic rings. The monoisotopic (exact) mass is 505 g/mol. The SMILES string of the molecule is CCN=C(NC1CCN(c2cccc(C)n2)CC1)NC1CC1c1ccccc1.I. The molecule has 29 heavy (non-hydrogen) atoms. The molecule has 2 heterocycles. The lowest BCUT2D eigenvalue weighted by Gasteiger charge is -2.34. The average Bonchev–Trinajstić information content (AvgIpc) is 3.48. The third-order valence-electron chi connectivity index (χ3n) is 5.69. The number of rotatable bonds is 5. The van der Waals surface area contributed by atoms with Gasteiger partial charge in [0.2, 0.25) is 0 Å². The lowest BCUT2D eigenvalue weighted by Crippen LogP contribution is -2.49. The molecule has 2 fully saturated rings. The number of nitrogens with zero attached hydrogens (tertiary/aromatic N) is 3. The zero-order valence-corrected chi connectivity index (χ0v) is 19.7. The van der Waals surface area contributed by atoms with E-state index >= 15 is 0 Å². The number of pyridine rings is 1. The highest BCUT2D eigenvalue weighted by Gasteiger charge is 2.39. The number of benzene rings is 1. The third-order valence-corrected chi connectivity index (χ3v) is 5.69. The van der Waals surface area contributed by atoms with E-state index in [1.807, 2.05) is 0 Å². The van der Waals surface area contributed by atoms with E-state index in [0.717, 1.165) is 49.9 Å². The number of aromatic nitrogens is 1. The van der Waals surface area contributed by atoms with E-state index in [0.29, 0.717) is 18.0 Å². The summed E-state index contributed by atoms with van der Waals surface area (Å²) in [6.45, 7) is 7.01. The zero-order valence-electron chi connectivity index (χ0n) is 17.3. The second kappa shape index (κ2) is 10.3. The minimum Gasteiger partial charge on any atom is -0.356 e. The Kier molecular flexibility index (Phi) is 7.75. The Morgan fingerprint density at radius 3 is 2.52 bits per heavy atom. The van der Waals surface area contributed by atoms with Gasteiger partial charge >= 0.3 is 0 Å². The summed E-state index contributed by atoms with van der Waals surface area (Å²) in [5, 5.41) is 7.33. The first-order valence-electron chi connectivity index (χ1n) is 10.5. The molecule has 0 bridgehead atoms. The normalized spacial score (nSPS) is 22.0. The van der Waals surface area contributed by atoms with Crippen LogP contribution in [0, 0.1) is 6.92 Å². The van der Waals surface area contributed by atoms with Crippen molar-refractivity contribution in [2.75, 3.05) is 24.5 Å². The molecule has 1 aromatic heterocycles. The number of piperidine rings is 1. The molecule has 156 valence electrons. The van der Waals surface area contributed by atoms with E-state index in [1.54, 1.807) is 0 Å². The average molecular weight is 505 g/mol. The summed E-state index contributed by atoms with van der Waals surface area (Å²) in [6.07, 6.45) is 3.39. The second-order valence-electron chi connectivity index (χ2n) is 7.87. The lowest BCUT2D eigenvalue weighted by molar-refractivity contribution is 0.459. The van der Waals surface area contributed by atoms with Gasteiger partial charge in [-0.2, -0.15) is 0 Å². The van der Waals surface area contributed by atoms with Crippen LogP contribution in [0.5, 0.6) is 0 Å². The van der Waals surface area contributed by atoms with Gasteiger partial charge in [-0.15, -0.1) is 24.0 Å². The summed E-state index contributed by atoms with van der Waals surface area (Å²) in [4.78, 5) is 11.7. The van der Waals surface area contributed by atoms with Crippen molar-refractivity contribution >= 4 is 35.8 Å². The summed E-state index contributed by atoms with van der Waals surface area (Å²) in [5.74, 6) is 2.68. The Labute approximate surface area is 191 Å². The smallest absolute Gasteiger partial charge is 0.191 e. The predicted octanol–water partition coefficient (Wildman–Crippen LogP) is 4.09. The lowest BCUT2D eigenvalue weighted by atomic mass is 10.1. The Morgan fingerprint density at radius 2 is 1.83 bits per heavy atom. The number of halogens is 1. The third kappa shape index (κ3) is 5.84. The van der Waals surface area contributed by atoms with E-state index in [-0.39, 0.29) is 24.0 Å². The summed E-state index contributed by atoms with van der Waals surface area (Å²) in [6, 6.07) is 18.0. The van der Waals surface area contributed by atoms with E-state index in [2.05, 4.69) is 87.9 Å². The predicted molar refractivity (Wildman–Crippen MR) is 131 cm³/mol. The zero-order chi connectivity index (χ0) is 19.3. The van der Waals surface area contributed by atoms with Crippen molar-refractivity contribution in [3.8, 4) is 0 Å². The van der Waals surface area contributed by atoms with Gasteiger partial charge in [-0.05, 0) is 50.8 Å². The molecule has 2 N–H and O–H groups in total. The van der Waals surface area contributed by atoms with Crippen molar-refractivity contribution in [1.29, 1.82) is 0 Å². The first-order valence-corrected chi connectivity index (χ1v) is 10.5. The maximum Gasteiger partial charge on any atom is 0.191 e. The van der Waals surface area contributed by atoms with Crippen molar-refractivity contribution in [2.45, 2.75) is 51.1 Å². The van der Waals surface area contributed by atoms with Gasteiger partial charge in [-0.3, -0.25) is 4.99 Å². The highest BCUT2D eigenvalue weighted by molar-refractivity contribution is 14.0. The molecule has 1 saturated heterocycles. The molecule has 4 rings (SSSR count). The molecule has 2 unspecified atom stereocenters. The van der Waals surface area contributed by atoms with Crippen LogP contribution in [0.4, 0.5) is 5.82 Å². The van der Waals surface area contributed by atoms with Crippen LogP contribution >= 0.6 is 24.0 Å². The van der Waals surface area contributed by atoms with Crippen molar-refractivity contribution in [3.63, 3.8) is 0 Å². The maximum absolute atomic E-state index is 4.68. The summed E-state index contributed by atoms with van der Waals surface area (Å²) in [5.41, 5.74) is 2.51. The van der Waals surface area contributed by atoms with Crippen molar-refractivity contribution in [1.82, 2.24) is 15.6 Å². The number of aliphatic imine (C=N–C) groups is 1. The molecule has 2 atom stereocenters. The minimum atomic E-state index is 0. The Hall–Kier alpha value is -1.83. The van der Waals surface area contributed by atoms with Crippen LogP contribution in [-0.4, -0.2) is 42.7 Å². The van der Waals surface area contributed by atoms with E-state index in [4.69, 9.17) is 0 Å². The van der Waals surface area contributed by atoms with Crippen LogP contribution in [0.2, 0.25) is 0 Å². The molecule has 0 amide bonds. The minimum absolute atomic E-state index is 0. The Morgan fingerprint density at radius 1 is 1.07 bits per heavy atom. The van der Waals surface area contributed by atoms with E-state index < -0.39 is 0 Å². The van der Waals surface area contributed by atoms with Crippen LogP contribution < -0.4 is 15.5 Å². The summed E-state index contributed by atoms with van der Waals surface area (Å²) >= 11 is 0. The van der Waals surface area contributed by atoms with Gasteiger partial charge in [-0.25, -0.2) is 4.98 Å². The molecular weight excluding hydrogens is 473 g/mol. The topological polar surface area (TPSA) is 52.6 Å². The van der Waals surface area contributed by atoms with Gasteiger partial charge in [0, 0.05) is 43.3 Å². The number of nitrogens with one attached hydrogen (secondary N) is 2. The molecule has 1 aliphatic heterocycles. The number of guanidine groups is 1. The molecule has 0 spiro atoms. The number of aryl methyl sites for hydroxylation is 1. The Balaban J connectivity index is 0.00000240. The van der Waals surface area contributed by atoms with Gasteiger partial charge < -0.3 is 15.5 Å². The fraction of sp³-hybridized carbons (Fsp3) is 0.478. The van der Waals surface area contributed by atoms with E-state index in [9.17, 15) is 0 Å². The van der Waals surface area contributed by atoms with Crippen LogP contribution in [-0.2, 0) is 0 Å². The summed E-state index contributed by atoms with van der Waals surface area (Å²) in [7, 11) is 0. The van der Waals surface area contributed by atoms with Gasteiger partial charge in [0.15, 0.2) is 5.96 Å². The Bertz CT molecular complexity index is 802. The standard InChI is InChI=1S/C23H31N5.HI/c1-3-24-23(27-21-16-20(21)18-9-5-4-6-10-18)26-19-12-14-28(15-13-19)22-11-7-8-17(2)25-22;/h4-11,19-21H,3,12-16H2,1-2H3,(H2,24,26,27);1H. The van der Waals surface area contributed by atoms with Crippen LogP contribution in [0.15, 0.2) is 53.5 Å². The highest BCUT2D eigenvalue weighted by atomic mass is 127. The van der Waals surface area contributed by atoms with Gasteiger partial charge in [-0.1, -0.05) is 36.4 Å². The molecule has 1 saturated carbocycles. The van der Waals surface area contributed by atoms with Crippen LogP contribution in [0.3, 0.4) is 0 Å². The van der Waals surface area contributed by atoms with Gasteiger partial charge in [0.05, 0.1) is 0 Å². The van der Waals surface area contributed by atoms with Crippen molar-refractivity contribution in [3.05, 3.63) is 59.8 Å². The largest absolute Gasteiger partial charge is 0.356 e. The molecule has 1 aliphatic carbocycles. The fourth-order valence-electron chi connectivity index (χ4n) is 4.04. The first-order chi connectivity index (χ1) is 13.7. The molecular formula is C23H32IN5. The van der Waals surface area contributed by atoms with Crippen molar-refractivity contribution < 1.29 is 0 Å². The number of hydrogen-bond acceptors (Lipinski definition) is 3. The number of anilines is 1. The molecule has 5 nitrogen and oxygen atoms in total.